The van der Waals surface area contributed by atoms with Crippen molar-refractivity contribution in [2.45, 2.75) is 25.6 Å². The number of hydrogen-bond donors (Lipinski definition) is 0. The number of rotatable bonds is 4. The molecule has 0 amide bonds. The highest BCUT2D eigenvalue weighted by Gasteiger charge is 2.12. The van der Waals surface area contributed by atoms with E-state index in [1.165, 1.54) is 0 Å². The number of hydrogen-bond acceptors (Lipinski definition) is 1. The summed E-state index contributed by atoms with van der Waals surface area (Å²) in [6.07, 6.45) is 0. The van der Waals surface area contributed by atoms with Gasteiger partial charge < -0.3 is 4.74 Å². The van der Waals surface area contributed by atoms with E-state index >= 15 is 0 Å². The Kier molecular flexibility index (Phi) is 4.73. The fraction of sp³-hybridized carbons (Fsp3) is 0.250. The first kappa shape index (κ1) is 14.2. The third-order valence-corrected chi connectivity index (χ3v) is 3.53. The molecule has 0 N–H and O–H groups in total. The van der Waals surface area contributed by atoms with Gasteiger partial charge in [-0.3, -0.25) is 0 Å². The van der Waals surface area contributed by atoms with Crippen molar-refractivity contribution in [3.63, 3.8) is 0 Å². The molecule has 3 heteroatoms. The zero-order valence-electron chi connectivity index (χ0n) is 11.0. The molecule has 0 aliphatic heterocycles. The average Bonchev–Trinajstić information content (AvgIpc) is 2.41. The molecule has 0 aromatic heterocycles. The first-order valence-electron chi connectivity index (χ1n) is 6.23. The molecule has 1 nitrogen and oxygen atoms in total. The van der Waals surface area contributed by atoms with Crippen LogP contribution in [0.4, 0.5) is 0 Å². The molecule has 0 saturated carbocycles. The van der Waals surface area contributed by atoms with Gasteiger partial charge in [-0.25, -0.2) is 0 Å². The van der Waals surface area contributed by atoms with Crippen LogP contribution >= 0.6 is 23.2 Å². The predicted octanol–water partition coefficient (Wildman–Crippen LogP) is 5.99. The highest BCUT2D eigenvalue weighted by Crippen LogP contribution is 2.36. The standard InChI is InChI=1S/C16H16Cl2O/c1-11(2)13-7-3-4-9-15(13)19-16-12(10-17)6-5-8-14(16)18/h3-9,11H,10H2,1-2H3. The van der Waals surface area contributed by atoms with Gasteiger partial charge in [0.2, 0.25) is 0 Å². The monoisotopic (exact) mass is 294 g/mol. The minimum absolute atomic E-state index is 0.375. The summed E-state index contributed by atoms with van der Waals surface area (Å²) in [4.78, 5) is 0. The second-order valence-corrected chi connectivity index (χ2v) is 5.33. The van der Waals surface area contributed by atoms with E-state index in [2.05, 4.69) is 19.9 Å². The van der Waals surface area contributed by atoms with E-state index in [4.69, 9.17) is 27.9 Å². The van der Waals surface area contributed by atoms with Crippen molar-refractivity contribution >= 4 is 23.2 Å². The van der Waals surface area contributed by atoms with Crippen molar-refractivity contribution in [2.24, 2.45) is 0 Å². The van der Waals surface area contributed by atoms with Gasteiger partial charge in [-0.1, -0.05) is 55.8 Å². The van der Waals surface area contributed by atoms with Crippen LogP contribution in [-0.2, 0) is 5.88 Å². The molecule has 0 atom stereocenters. The lowest BCUT2D eigenvalue weighted by molar-refractivity contribution is 0.469. The Morgan fingerprint density at radius 3 is 2.47 bits per heavy atom. The van der Waals surface area contributed by atoms with E-state index in [-0.39, 0.29) is 0 Å². The molecule has 0 heterocycles. The molecule has 2 aromatic rings. The molecular weight excluding hydrogens is 279 g/mol. The average molecular weight is 295 g/mol. The van der Waals surface area contributed by atoms with Gasteiger partial charge in [0.05, 0.1) is 10.9 Å². The van der Waals surface area contributed by atoms with Crippen molar-refractivity contribution < 1.29 is 4.74 Å². The van der Waals surface area contributed by atoms with Gasteiger partial charge in [-0.05, 0) is 23.6 Å². The van der Waals surface area contributed by atoms with E-state index in [0.29, 0.717) is 22.6 Å². The Hall–Kier alpha value is -1.18. The summed E-state index contributed by atoms with van der Waals surface area (Å²) in [7, 11) is 0. The Bertz CT molecular complexity index is 564. The van der Waals surface area contributed by atoms with Crippen LogP contribution in [0.5, 0.6) is 11.5 Å². The lowest BCUT2D eigenvalue weighted by Crippen LogP contribution is -1.96. The smallest absolute Gasteiger partial charge is 0.150 e. The van der Waals surface area contributed by atoms with Gasteiger partial charge in [0.25, 0.3) is 0 Å². The zero-order valence-corrected chi connectivity index (χ0v) is 12.5. The maximum Gasteiger partial charge on any atom is 0.150 e. The quantitative estimate of drug-likeness (QED) is 0.629. The molecule has 0 aliphatic carbocycles. The lowest BCUT2D eigenvalue weighted by Gasteiger charge is -2.16. The van der Waals surface area contributed by atoms with Gasteiger partial charge in [0.15, 0.2) is 0 Å². The van der Waals surface area contributed by atoms with Gasteiger partial charge >= 0.3 is 0 Å². The first-order valence-corrected chi connectivity index (χ1v) is 7.15. The maximum absolute atomic E-state index is 6.21. The molecule has 2 aromatic carbocycles. The molecule has 2 rings (SSSR count). The first-order chi connectivity index (χ1) is 9.13. The SMILES string of the molecule is CC(C)c1ccccc1Oc1c(Cl)cccc1CCl. The van der Waals surface area contributed by atoms with Crippen molar-refractivity contribution in [3.05, 3.63) is 58.6 Å². The largest absolute Gasteiger partial charge is 0.455 e. The molecule has 0 aliphatic rings. The summed E-state index contributed by atoms with van der Waals surface area (Å²) >= 11 is 12.1. The molecule has 0 fully saturated rings. The normalized spacial score (nSPS) is 10.8. The van der Waals surface area contributed by atoms with E-state index in [1.54, 1.807) is 0 Å². The van der Waals surface area contributed by atoms with Crippen molar-refractivity contribution in [1.82, 2.24) is 0 Å². The topological polar surface area (TPSA) is 9.23 Å². The van der Waals surface area contributed by atoms with Crippen LogP contribution in [0.3, 0.4) is 0 Å². The molecule has 0 spiro atoms. The van der Waals surface area contributed by atoms with Crippen molar-refractivity contribution in [1.29, 1.82) is 0 Å². The number of benzene rings is 2. The van der Waals surface area contributed by atoms with Crippen molar-refractivity contribution in [3.8, 4) is 11.5 Å². The number of ether oxygens (including phenoxy) is 1. The van der Waals surface area contributed by atoms with Crippen LogP contribution < -0.4 is 4.74 Å². The maximum atomic E-state index is 6.21. The minimum Gasteiger partial charge on any atom is -0.455 e. The second-order valence-electron chi connectivity index (χ2n) is 4.66. The summed E-state index contributed by atoms with van der Waals surface area (Å²) in [5, 5.41) is 0.580. The van der Waals surface area contributed by atoms with Crippen LogP contribution in [-0.4, -0.2) is 0 Å². The Morgan fingerprint density at radius 2 is 1.79 bits per heavy atom. The third-order valence-electron chi connectivity index (χ3n) is 2.95. The Labute approximate surface area is 124 Å². The van der Waals surface area contributed by atoms with Gasteiger partial charge in [0.1, 0.15) is 11.5 Å². The van der Waals surface area contributed by atoms with E-state index in [1.807, 2.05) is 36.4 Å². The lowest BCUT2D eigenvalue weighted by atomic mass is 10.0. The molecule has 0 bridgehead atoms. The van der Waals surface area contributed by atoms with Crippen LogP contribution in [0.15, 0.2) is 42.5 Å². The molecule has 100 valence electrons. The molecule has 0 unspecified atom stereocenters. The summed E-state index contributed by atoms with van der Waals surface area (Å²) in [6.45, 7) is 4.27. The van der Waals surface area contributed by atoms with Crippen LogP contribution in [0, 0.1) is 0 Å². The molecule has 19 heavy (non-hydrogen) atoms. The number of alkyl halides is 1. The second kappa shape index (κ2) is 6.31. The zero-order chi connectivity index (χ0) is 13.8. The fourth-order valence-corrected chi connectivity index (χ4v) is 2.38. The molecular formula is C16H16Cl2O. The highest BCUT2D eigenvalue weighted by molar-refractivity contribution is 6.32. The third kappa shape index (κ3) is 3.23. The van der Waals surface area contributed by atoms with E-state index in [9.17, 15) is 0 Å². The predicted molar refractivity (Wildman–Crippen MR) is 81.6 cm³/mol. The van der Waals surface area contributed by atoms with Crippen LogP contribution in [0.25, 0.3) is 0 Å². The van der Waals surface area contributed by atoms with Gasteiger partial charge in [-0.2, -0.15) is 0 Å². The van der Waals surface area contributed by atoms with Crippen LogP contribution in [0.1, 0.15) is 30.9 Å². The summed E-state index contributed by atoms with van der Waals surface area (Å²) in [5.74, 6) is 2.24. The van der Waals surface area contributed by atoms with Gasteiger partial charge in [0, 0.05) is 5.56 Å². The van der Waals surface area contributed by atoms with E-state index < -0.39 is 0 Å². The van der Waals surface area contributed by atoms with Crippen molar-refractivity contribution in [2.75, 3.05) is 0 Å². The fourth-order valence-electron chi connectivity index (χ4n) is 1.93. The van der Waals surface area contributed by atoms with Gasteiger partial charge in [-0.15, -0.1) is 11.6 Å². The number of halogens is 2. The Balaban J connectivity index is 2.42. The minimum atomic E-state index is 0.375. The molecule has 0 saturated heterocycles. The molecule has 0 radical (unpaired) electrons. The highest BCUT2D eigenvalue weighted by atomic mass is 35.5. The Morgan fingerprint density at radius 1 is 1.05 bits per heavy atom. The summed E-state index contributed by atoms with van der Waals surface area (Å²) in [6, 6.07) is 13.6. The number of para-hydroxylation sites is 2. The van der Waals surface area contributed by atoms with Crippen LogP contribution in [0.2, 0.25) is 5.02 Å². The summed E-state index contributed by atoms with van der Waals surface area (Å²) < 4.78 is 6.01. The van der Waals surface area contributed by atoms with E-state index in [0.717, 1.165) is 16.9 Å². The summed E-state index contributed by atoms with van der Waals surface area (Å²) in [5.41, 5.74) is 2.05.